The van der Waals surface area contributed by atoms with Gasteiger partial charge in [0.2, 0.25) is 35.4 Å². The van der Waals surface area contributed by atoms with Gasteiger partial charge in [0.25, 0.3) is 11.8 Å². The van der Waals surface area contributed by atoms with E-state index < -0.39 is 47.1 Å². The molecule has 86 heavy (non-hydrogen) atoms. The normalized spacial score (nSPS) is 14.9. The highest BCUT2D eigenvalue weighted by Gasteiger charge is 2.36. The molecular weight excluding hydrogens is 1160 g/mol. The third-order valence-corrected chi connectivity index (χ3v) is 15.6. The molecule has 4 aromatic carbocycles. The summed E-state index contributed by atoms with van der Waals surface area (Å²) in [6.45, 7) is 2.95. The van der Waals surface area contributed by atoms with E-state index in [4.69, 9.17) is 40.2 Å². The van der Waals surface area contributed by atoms with Gasteiger partial charge in [0, 0.05) is 96.8 Å². The van der Waals surface area contributed by atoms with E-state index in [2.05, 4.69) is 53.0 Å². The molecule has 7 N–H and O–H groups in total. The van der Waals surface area contributed by atoms with Crippen molar-refractivity contribution < 1.29 is 47.1 Å². The first kappa shape index (κ1) is 63.4. The van der Waals surface area contributed by atoms with Gasteiger partial charge < -0.3 is 51.9 Å². The van der Waals surface area contributed by atoms with Crippen LogP contribution in [0.1, 0.15) is 73.7 Å². The highest BCUT2D eigenvalue weighted by Crippen LogP contribution is 2.30. The molecule has 4 aliphatic rings. The van der Waals surface area contributed by atoms with Crippen LogP contribution in [0.15, 0.2) is 77.9 Å². The third-order valence-electron chi connectivity index (χ3n) is 15.1. The lowest BCUT2D eigenvalue weighted by atomic mass is 10.0. The first-order valence-corrected chi connectivity index (χ1v) is 28.3. The van der Waals surface area contributed by atoms with Crippen LogP contribution in [0.5, 0.6) is 0 Å². The Morgan fingerprint density at radius 3 is 1.56 bits per heavy atom. The Labute approximate surface area is 502 Å². The SMILES string of the molecule is CN1CC(N(C)C(=O)Cc2ccc3c(c2)c(C(N)=O)nn3CC(=O)N(CC(=O)NCc2cccc(Cl)c2F)C2CC2)C1.CNC1CN(C)C1.[N-]=[N+]=NC(=O)c1ccc2c(c1)c(C(N)=O)nn2CC(=O)N(CC(=O)NCc1cccc(Cl)c1F)C1CC1. The van der Waals surface area contributed by atoms with Crippen molar-refractivity contribution in [1.29, 1.82) is 0 Å². The number of hydrogen-bond donors (Lipinski definition) is 5. The molecule has 8 amide bonds. The van der Waals surface area contributed by atoms with E-state index in [0.29, 0.717) is 22.0 Å². The molecule has 0 spiro atoms. The number of aromatic nitrogens is 4. The van der Waals surface area contributed by atoms with E-state index in [0.717, 1.165) is 44.8 Å². The second-order valence-corrected chi connectivity index (χ2v) is 22.4. The van der Waals surface area contributed by atoms with Crippen LogP contribution in [0.3, 0.4) is 0 Å². The lowest BCUT2D eigenvalue weighted by molar-refractivity contribution is -0.137. The molecule has 4 heterocycles. The van der Waals surface area contributed by atoms with Crippen molar-refractivity contribution >= 4 is 92.3 Å². The number of carbonyl (C=O) groups excluding carboxylic acids is 8. The number of likely N-dealkylation sites (N-methyl/N-ethyl adjacent to an activating group) is 4. The fourth-order valence-electron chi connectivity index (χ4n) is 9.88. The number of benzene rings is 4. The summed E-state index contributed by atoms with van der Waals surface area (Å²) in [7, 11) is 7.93. The molecule has 0 bridgehead atoms. The fraction of sp³-hybridized carbons (Fsp3) is 0.404. The molecule has 25 nitrogen and oxygen atoms in total. The molecule has 0 radical (unpaired) electrons. The Balaban J connectivity index is 0.000000202. The average Bonchev–Trinajstić information content (AvgIpc) is 4.38. The van der Waals surface area contributed by atoms with E-state index >= 15 is 0 Å². The Morgan fingerprint density at radius 2 is 1.14 bits per heavy atom. The number of rotatable bonds is 21. The molecular formula is C57H65Cl2F2N17O8. The minimum Gasteiger partial charge on any atom is -0.364 e. The summed E-state index contributed by atoms with van der Waals surface area (Å²) in [5.74, 6) is -5.45. The standard InChI is InChI=1S/C29H33ClFN7O4.C23H20ClFN8O4.C5H12N2/c1-35-13-20(14-35)36(2)25(40)11-17-6-9-23-21(10-17)28(29(32)42)34-38(23)16-26(41)37(19-7-8-19)15-24(39)33-12-18-4-3-5-22(30)27(18)31;24-16-3-1-2-13(20(16)25)9-28-18(34)10-32(14-5-6-14)19(35)11-33-17-7-4-12(23(37)29-31-27)8-15(17)21(30-33)22(26)36;1-6-5-3-7(2)4-5/h3-6,9-10,19-20H,7-8,11-16H2,1-2H3,(H2,32,42)(H,33,39);1-4,7-8,14H,5-6,9-11H2,(H2,26,36)(H,28,34);5-6H,3-4H2,1-2H3. The van der Waals surface area contributed by atoms with Crippen molar-refractivity contribution in [3.05, 3.63) is 139 Å². The fourth-order valence-corrected chi connectivity index (χ4v) is 10.3. The van der Waals surface area contributed by atoms with Gasteiger partial charge in [-0.15, -0.1) is 0 Å². The summed E-state index contributed by atoms with van der Waals surface area (Å²) in [4.78, 5) is 112. The monoisotopic (exact) mass is 1220 g/mol. The molecule has 6 aromatic rings. The highest BCUT2D eigenvalue weighted by molar-refractivity contribution is 6.31. The summed E-state index contributed by atoms with van der Waals surface area (Å²) in [6.07, 6.45) is 3.12. The lowest BCUT2D eigenvalue weighted by Gasteiger charge is -2.42. The van der Waals surface area contributed by atoms with Gasteiger partial charge >= 0.3 is 0 Å². The number of nitrogens with zero attached hydrogens (tertiary/aromatic N) is 12. The van der Waals surface area contributed by atoms with E-state index in [9.17, 15) is 47.1 Å². The predicted molar refractivity (Wildman–Crippen MR) is 314 cm³/mol. The van der Waals surface area contributed by atoms with Gasteiger partial charge in [-0.1, -0.05) is 53.5 Å². The molecule has 0 atom stereocenters. The topological polar surface area (TPSA) is 325 Å². The molecule has 29 heteroatoms. The van der Waals surface area contributed by atoms with Gasteiger partial charge in [0.15, 0.2) is 11.4 Å². The zero-order valence-electron chi connectivity index (χ0n) is 47.6. The lowest BCUT2D eigenvalue weighted by Crippen LogP contribution is -2.58. The summed E-state index contributed by atoms with van der Waals surface area (Å²) >= 11 is 11.6. The molecule has 2 aromatic heterocycles. The molecule has 2 aliphatic carbocycles. The van der Waals surface area contributed by atoms with E-state index in [-0.39, 0.29) is 119 Å². The van der Waals surface area contributed by atoms with Crippen LogP contribution in [0.25, 0.3) is 32.2 Å². The number of nitrogens with one attached hydrogen (secondary N) is 3. The quantitative estimate of drug-likeness (QED) is 0.0390. The summed E-state index contributed by atoms with van der Waals surface area (Å²) in [5, 5.41) is 20.5. The Morgan fingerprint density at radius 1 is 0.674 bits per heavy atom. The van der Waals surface area contributed by atoms with E-state index in [1.54, 1.807) is 42.3 Å². The Kier molecular flexibility index (Phi) is 20.7. The van der Waals surface area contributed by atoms with Crippen molar-refractivity contribution in [1.82, 2.24) is 60.0 Å². The number of nitrogens with two attached hydrogens (primary N) is 2. The highest BCUT2D eigenvalue weighted by atomic mass is 35.5. The van der Waals surface area contributed by atoms with Crippen LogP contribution in [0, 0.1) is 11.6 Å². The van der Waals surface area contributed by atoms with Crippen LogP contribution >= 0.6 is 23.2 Å². The largest absolute Gasteiger partial charge is 0.364 e. The van der Waals surface area contributed by atoms with Crippen molar-refractivity contribution in [3.63, 3.8) is 0 Å². The van der Waals surface area contributed by atoms with Crippen LogP contribution < -0.4 is 27.4 Å². The predicted octanol–water partition coefficient (Wildman–Crippen LogP) is 3.76. The van der Waals surface area contributed by atoms with Gasteiger partial charge in [0.05, 0.1) is 46.6 Å². The molecule has 4 fully saturated rings. The zero-order chi connectivity index (χ0) is 62.1. The maximum absolute atomic E-state index is 14.2. The summed E-state index contributed by atoms with van der Waals surface area (Å²) in [6, 6.07) is 19.1. The number of carbonyl (C=O) groups is 8. The maximum Gasteiger partial charge on any atom is 0.269 e. The van der Waals surface area contributed by atoms with Crippen LogP contribution in [-0.4, -0.2) is 183 Å². The number of primary amides is 2. The Bertz CT molecular complexity index is 3650. The number of azide groups is 1. The molecule has 10 rings (SSSR count). The van der Waals surface area contributed by atoms with Crippen LogP contribution in [0.2, 0.25) is 10.0 Å². The number of amides is 8. The zero-order valence-corrected chi connectivity index (χ0v) is 49.2. The summed E-state index contributed by atoms with van der Waals surface area (Å²) in [5.41, 5.74) is 21.4. The third kappa shape index (κ3) is 15.8. The second-order valence-electron chi connectivity index (χ2n) is 21.6. The van der Waals surface area contributed by atoms with Crippen molar-refractivity contribution in [2.24, 2.45) is 16.6 Å². The second kappa shape index (κ2) is 28.1. The van der Waals surface area contributed by atoms with Gasteiger partial charge in [-0.3, -0.25) is 47.7 Å². The minimum absolute atomic E-state index is 0.000310. The average molecular weight is 1230 g/mol. The van der Waals surface area contributed by atoms with Gasteiger partial charge in [-0.25, -0.2) is 8.78 Å². The van der Waals surface area contributed by atoms with Crippen molar-refractivity contribution in [3.8, 4) is 0 Å². The molecule has 0 unspecified atom stereocenters. The van der Waals surface area contributed by atoms with Gasteiger partial charge in [0.1, 0.15) is 24.7 Å². The number of fused-ring (bicyclic) bond motifs is 2. The molecule has 2 aliphatic heterocycles. The number of halogens is 4. The van der Waals surface area contributed by atoms with Crippen molar-refractivity contribution in [2.45, 2.75) is 82.5 Å². The first-order valence-electron chi connectivity index (χ1n) is 27.5. The van der Waals surface area contributed by atoms with Crippen molar-refractivity contribution in [2.75, 3.05) is 67.5 Å². The van der Waals surface area contributed by atoms with Gasteiger partial charge in [-0.05, 0) is 105 Å². The molecule has 454 valence electrons. The van der Waals surface area contributed by atoms with E-state index in [1.165, 1.54) is 74.7 Å². The summed E-state index contributed by atoms with van der Waals surface area (Å²) < 4.78 is 30.9. The van der Waals surface area contributed by atoms with E-state index in [1.807, 2.05) is 14.1 Å². The number of hydrogen-bond acceptors (Lipinski definition) is 13. The first-order chi connectivity index (χ1) is 41.0. The van der Waals surface area contributed by atoms with Crippen LogP contribution in [-0.2, 0) is 56.6 Å². The molecule has 2 saturated carbocycles. The Hall–Kier alpha value is -8.59. The van der Waals surface area contributed by atoms with Gasteiger partial charge in [-0.2, -0.15) is 10.2 Å². The number of likely N-dealkylation sites (tertiary alicyclic amines) is 2. The maximum atomic E-state index is 14.2. The smallest absolute Gasteiger partial charge is 0.269 e. The minimum atomic E-state index is -0.878. The molecule has 2 saturated heterocycles. The van der Waals surface area contributed by atoms with Crippen LogP contribution in [0.4, 0.5) is 8.78 Å².